The topological polar surface area (TPSA) is 85.4 Å². The van der Waals surface area contributed by atoms with Gasteiger partial charge in [0, 0.05) is 17.0 Å². The SMILES string of the molecule is O=[N+]([O-])c1c(NC(c2ccccc2)c2nccs2)nc2sccn12. The highest BCUT2D eigenvalue weighted by atomic mass is 32.1. The Morgan fingerprint density at radius 3 is 2.75 bits per heavy atom. The van der Waals surface area contributed by atoms with Gasteiger partial charge in [-0.3, -0.25) is 0 Å². The van der Waals surface area contributed by atoms with E-state index >= 15 is 0 Å². The van der Waals surface area contributed by atoms with Gasteiger partial charge in [-0.2, -0.15) is 9.38 Å². The molecule has 3 heterocycles. The quantitative estimate of drug-likeness (QED) is 0.431. The number of imidazole rings is 1. The number of anilines is 1. The lowest BCUT2D eigenvalue weighted by atomic mass is 10.1. The summed E-state index contributed by atoms with van der Waals surface area (Å²) in [5.74, 6) is 0.180. The molecule has 0 radical (unpaired) electrons. The van der Waals surface area contributed by atoms with Gasteiger partial charge in [0.15, 0.2) is 0 Å². The third kappa shape index (κ3) is 2.53. The fraction of sp³-hybridized carbons (Fsp3) is 0.0667. The third-order valence-electron chi connectivity index (χ3n) is 3.52. The van der Waals surface area contributed by atoms with Gasteiger partial charge in [-0.05, 0) is 10.5 Å². The molecule has 7 nitrogen and oxygen atoms in total. The van der Waals surface area contributed by atoms with Crippen molar-refractivity contribution in [1.29, 1.82) is 0 Å². The largest absolute Gasteiger partial charge is 0.372 e. The van der Waals surface area contributed by atoms with Gasteiger partial charge in [0.05, 0.1) is 0 Å². The molecule has 0 spiro atoms. The van der Waals surface area contributed by atoms with E-state index < -0.39 is 4.92 Å². The molecule has 0 aliphatic heterocycles. The molecule has 1 atom stereocenters. The van der Waals surface area contributed by atoms with Gasteiger partial charge in [-0.1, -0.05) is 41.7 Å². The van der Waals surface area contributed by atoms with Gasteiger partial charge >= 0.3 is 5.82 Å². The van der Waals surface area contributed by atoms with Crippen molar-refractivity contribution in [1.82, 2.24) is 14.4 Å². The minimum Gasteiger partial charge on any atom is -0.358 e. The van der Waals surface area contributed by atoms with Crippen molar-refractivity contribution in [3.8, 4) is 0 Å². The second kappa shape index (κ2) is 6.02. The highest BCUT2D eigenvalue weighted by Gasteiger charge is 2.27. The van der Waals surface area contributed by atoms with Gasteiger partial charge in [-0.25, -0.2) is 4.98 Å². The van der Waals surface area contributed by atoms with Crippen LogP contribution in [0.15, 0.2) is 53.5 Å². The Kier molecular flexibility index (Phi) is 3.71. The molecule has 4 aromatic rings. The van der Waals surface area contributed by atoms with E-state index in [1.807, 2.05) is 35.7 Å². The molecule has 0 amide bonds. The molecular formula is C15H11N5O2S2. The first-order valence-corrected chi connectivity index (χ1v) is 8.81. The molecular weight excluding hydrogens is 346 g/mol. The van der Waals surface area contributed by atoms with Crippen LogP contribution in [0.25, 0.3) is 4.96 Å². The van der Waals surface area contributed by atoms with Crippen LogP contribution in [0.1, 0.15) is 16.6 Å². The molecule has 3 aromatic heterocycles. The van der Waals surface area contributed by atoms with Gasteiger partial charge in [0.1, 0.15) is 17.2 Å². The Bertz CT molecular complexity index is 978. The van der Waals surface area contributed by atoms with Crippen molar-refractivity contribution in [2.75, 3.05) is 5.32 Å². The number of benzene rings is 1. The van der Waals surface area contributed by atoms with Crippen LogP contribution >= 0.6 is 22.7 Å². The molecule has 1 unspecified atom stereocenters. The van der Waals surface area contributed by atoms with Crippen molar-refractivity contribution in [3.63, 3.8) is 0 Å². The van der Waals surface area contributed by atoms with Crippen LogP contribution in [0, 0.1) is 10.1 Å². The van der Waals surface area contributed by atoms with Crippen LogP contribution in [-0.2, 0) is 0 Å². The normalized spacial score (nSPS) is 12.3. The van der Waals surface area contributed by atoms with E-state index in [0.717, 1.165) is 10.6 Å². The summed E-state index contributed by atoms with van der Waals surface area (Å²) in [7, 11) is 0. The summed E-state index contributed by atoms with van der Waals surface area (Å²) in [6, 6.07) is 9.41. The van der Waals surface area contributed by atoms with Gasteiger partial charge < -0.3 is 15.4 Å². The molecule has 120 valence electrons. The molecule has 9 heteroatoms. The van der Waals surface area contributed by atoms with Gasteiger partial charge in [0.25, 0.3) is 4.96 Å². The minimum atomic E-state index is -0.418. The second-order valence-corrected chi connectivity index (χ2v) is 6.75. The van der Waals surface area contributed by atoms with E-state index in [9.17, 15) is 10.1 Å². The van der Waals surface area contributed by atoms with Crippen LogP contribution in [0.5, 0.6) is 0 Å². The molecule has 1 N–H and O–H groups in total. The van der Waals surface area contributed by atoms with Crippen molar-refractivity contribution >= 4 is 39.3 Å². The maximum absolute atomic E-state index is 11.5. The van der Waals surface area contributed by atoms with Gasteiger partial charge in [-0.15, -0.1) is 11.3 Å². The standard InChI is InChI=1S/C15H11N5O2S2/c21-20(22)14-12(18-15-19(14)7-9-24-15)17-11(13-16-6-8-23-13)10-4-2-1-3-5-10/h1-9,11,17H. The van der Waals surface area contributed by atoms with Gasteiger partial charge in [0.2, 0.25) is 5.82 Å². The Balaban J connectivity index is 1.80. The summed E-state index contributed by atoms with van der Waals surface area (Å²) in [4.78, 5) is 20.4. The summed E-state index contributed by atoms with van der Waals surface area (Å²) < 4.78 is 1.48. The summed E-state index contributed by atoms with van der Waals surface area (Å²) in [6.07, 6.45) is 3.37. The highest BCUT2D eigenvalue weighted by molar-refractivity contribution is 7.15. The molecule has 0 aliphatic carbocycles. The molecule has 0 fully saturated rings. The fourth-order valence-corrected chi connectivity index (χ4v) is 3.92. The number of nitrogens with zero attached hydrogens (tertiary/aromatic N) is 4. The highest BCUT2D eigenvalue weighted by Crippen LogP contribution is 2.33. The first kappa shape index (κ1) is 14.8. The zero-order valence-electron chi connectivity index (χ0n) is 12.2. The lowest BCUT2D eigenvalue weighted by Crippen LogP contribution is -2.13. The molecule has 0 saturated heterocycles. The molecule has 0 bridgehead atoms. The Morgan fingerprint density at radius 2 is 2.04 bits per heavy atom. The maximum Gasteiger partial charge on any atom is 0.372 e. The average molecular weight is 357 g/mol. The first-order valence-electron chi connectivity index (χ1n) is 7.05. The minimum absolute atomic E-state index is 0.0660. The summed E-state index contributed by atoms with van der Waals surface area (Å²) in [5.41, 5.74) is 0.970. The number of nitro groups is 1. The Labute approximate surface area is 144 Å². The van der Waals surface area contributed by atoms with Crippen molar-refractivity contribution in [2.45, 2.75) is 6.04 Å². The van der Waals surface area contributed by atoms with E-state index in [2.05, 4.69) is 15.3 Å². The number of hydrogen-bond acceptors (Lipinski definition) is 7. The van der Waals surface area contributed by atoms with Crippen LogP contribution < -0.4 is 5.32 Å². The number of fused-ring (bicyclic) bond motifs is 1. The number of rotatable bonds is 5. The predicted octanol–water partition coefficient (Wildman–Crippen LogP) is 3.96. The fourth-order valence-electron chi connectivity index (χ4n) is 2.49. The number of thiazole rings is 2. The van der Waals surface area contributed by atoms with E-state index in [4.69, 9.17) is 0 Å². The molecule has 24 heavy (non-hydrogen) atoms. The lowest BCUT2D eigenvalue weighted by molar-refractivity contribution is -0.389. The monoisotopic (exact) mass is 357 g/mol. The van der Waals surface area contributed by atoms with E-state index in [1.54, 1.807) is 17.8 Å². The van der Waals surface area contributed by atoms with E-state index in [-0.39, 0.29) is 17.7 Å². The van der Waals surface area contributed by atoms with E-state index in [0.29, 0.717) is 4.96 Å². The van der Waals surface area contributed by atoms with Crippen molar-refractivity contribution in [3.05, 3.63) is 74.2 Å². The smallest absolute Gasteiger partial charge is 0.358 e. The summed E-state index contributed by atoms with van der Waals surface area (Å²) in [6.45, 7) is 0. The maximum atomic E-state index is 11.5. The Hall–Kier alpha value is -2.78. The zero-order valence-corrected chi connectivity index (χ0v) is 13.8. The van der Waals surface area contributed by atoms with Crippen molar-refractivity contribution in [2.24, 2.45) is 0 Å². The average Bonchev–Trinajstić information content (AvgIpc) is 3.29. The number of nitrogens with one attached hydrogen (secondary N) is 1. The molecule has 1 aromatic carbocycles. The number of hydrogen-bond donors (Lipinski definition) is 1. The second-order valence-electron chi connectivity index (χ2n) is 4.96. The summed E-state index contributed by atoms with van der Waals surface area (Å²) >= 11 is 2.85. The predicted molar refractivity (Wildman–Crippen MR) is 93.7 cm³/mol. The van der Waals surface area contributed by atoms with Crippen LogP contribution in [0.3, 0.4) is 0 Å². The third-order valence-corrected chi connectivity index (χ3v) is 5.12. The molecule has 0 aliphatic rings. The van der Waals surface area contributed by atoms with Crippen LogP contribution in [-0.4, -0.2) is 19.3 Å². The zero-order chi connectivity index (χ0) is 16.5. The lowest BCUT2D eigenvalue weighted by Gasteiger charge is -2.16. The van der Waals surface area contributed by atoms with Crippen molar-refractivity contribution < 1.29 is 4.92 Å². The Morgan fingerprint density at radius 1 is 1.21 bits per heavy atom. The number of aromatic nitrogens is 3. The summed E-state index contributed by atoms with van der Waals surface area (Å²) in [5, 5.41) is 19.2. The molecule has 0 saturated carbocycles. The van der Waals surface area contributed by atoms with Crippen LogP contribution in [0.4, 0.5) is 11.6 Å². The molecule has 4 rings (SSSR count). The first-order chi connectivity index (χ1) is 11.7. The van der Waals surface area contributed by atoms with Crippen LogP contribution in [0.2, 0.25) is 0 Å². The van der Waals surface area contributed by atoms with E-state index in [1.165, 1.54) is 27.1 Å².